The first-order chi connectivity index (χ1) is 7.99. The average Bonchev–Trinajstić information content (AvgIpc) is 2.59. The molecule has 0 aliphatic rings. The third-order valence-electron chi connectivity index (χ3n) is 2.09. The van der Waals surface area contributed by atoms with Crippen LogP contribution in [0.2, 0.25) is 0 Å². The third-order valence-corrected chi connectivity index (χ3v) is 2.09. The number of alkyl halides is 2. The summed E-state index contributed by atoms with van der Waals surface area (Å²) in [4.78, 5) is 11.1. The summed E-state index contributed by atoms with van der Waals surface area (Å²) in [7, 11) is 0. The van der Waals surface area contributed by atoms with Crippen LogP contribution in [0.5, 0.6) is 0 Å². The van der Waals surface area contributed by atoms with Crippen molar-refractivity contribution >= 4 is 5.82 Å². The first kappa shape index (κ1) is 11.2. The van der Waals surface area contributed by atoms with Gasteiger partial charge in [0.1, 0.15) is 0 Å². The first-order valence-electron chi connectivity index (χ1n) is 4.50. The maximum absolute atomic E-state index is 12.9. The Morgan fingerprint density at radius 2 is 2.00 bits per heavy atom. The van der Waals surface area contributed by atoms with E-state index in [-0.39, 0.29) is 16.1 Å². The minimum absolute atomic E-state index is 0.112. The fourth-order valence-electron chi connectivity index (χ4n) is 1.28. The lowest BCUT2D eigenvalue weighted by Crippen LogP contribution is -2.20. The molecule has 0 bridgehead atoms. The minimum Gasteiger partial charge on any atom is -0.380 e. The van der Waals surface area contributed by atoms with Gasteiger partial charge < -0.3 is 5.73 Å². The molecule has 0 saturated carbocycles. The summed E-state index contributed by atoms with van der Waals surface area (Å²) >= 11 is 0. The van der Waals surface area contributed by atoms with E-state index in [0.29, 0.717) is 0 Å². The number of nitrogens with zero attached hydrogens (tertiary/aromatic N) is 3. The van der Waals surface area contributed by atoms with Crippen molar-refractivity contribution in [1.29, 1.82) is 0 Å². The Bertz CT molecular complexity index is 585. The highest BCUT2D eigenvalue weighted by molar-refractivity contribution is 5.34. The lowest BCUT2D eigenvalue weighted by Gasteiger charge is -2.06. The van der Waals surface area contributed by atoms with Crippen LogP contribution in [-0.2, 0) is 0 Å². The highest BCUT2D eigenvalue weighted by Gasteiger charge is 2.11. The number of anilines is 1. The molecule has 90 valence electrons. The van der Waals surface area contributed by atoms with Crippen molar-refractivity contribution in [1.82, 2.24) is 14.3 Å². The topological polar surface area (TPSA) is 65.8 Å². The number of hydrogen-bond acceptors (Lipinski definition) is 3. The molecule has 0 unspecified atom stereocenters. The Hall–Kier alpha value is -2.25. The number of nitrogens with two attached hydrogens (primary N) is 1. The predicted molar refractivity (Wildman–Crippen MR) is 53.4 cm³/mol. The van der Waals surface area contributed by atoms with Crippen molar-refractivity contribution in [2.24, 2.45) is 0 Å². The van der Waals surface area contributed by atoms with Crippen molar-refractivity contribution in [2.75, 3.05) is 5.73 Å². The van der Waals surface area contributed by atoms with Crippen molar-refractivity contribution in [2.45, 2.75) is 6.55 Å². The van der Waals surface area contributed by atoms with Gasteiger partial charge in [-0.1, -0.05) is 0 Å². The number of halogens is 3. The SMILES string of the molecule is Nc1nn(-c2ccc(=O)n(C(F)F)c2)cc1F. The van der Waals surface area contributed by atoms with Gasteiger partial charge in [0.25, 0.3) is 5.56 Å². The Morgan fingerprint density at radius 1 is 1.29 bits per heavy atom. The second-order valence-electron chi connectivity index (χ2n) is 3.22. The standard InChI is InChI=1S/C9H7F3N4O/c10-6-4-16(14-8(6)13)5-1-2-7(17)15(3-5)9(11)12/h1-4,9H,(H2,13,14). The summed E-state index contributed by atoms with van der Waals surface area (Å²) < 4.78 is 39.0. The number of nitrogen functional groups attached to an aromatic ring is 1. The fourth-order valence-corrected chi connectivity index (χ4v) is 1.28. The molecule has 8 heteroatoms. The van der Waals surface area contributed by atoms with Crippen LogP contribution in [0, 0.1) is 5.82 Å². The van der Waals surface area contributed by atoms with E-state index < -0.39 is 17.9 Å². The molecular weight excluding hydrogens is 237 g/mol. The van der Waals surface area contributed by atoms with Gasteiger partial charge in [0, 0.05) is 12.3 Å². The van der Waals surface area contributed by atoms with E-state index in [2.05, 4.69) is 5.10 Å². The number of aromatic nitrogens is 3. The van der Waals surface area contributed by atoms with Gasteiger partial charge in [-0.25, -0.2) is 9.07 Å². The number of rotatable bonds is 2. The molecular formula is C9H7F3N4O. The van der Waals surface area contributed by atoms with E-state index in [1.807, 2.05) is 0 Å². The molecule has 17 heavy (non-hydrogen) atoms. The average molecular weight is 244 g/mol. The highest BCUT2D eigenvalue weighted by atomic mass is 19.3. The molecule has 5 nitrogen and oxygen atoms in total. The highest BCUT2D eigenvalue weighted by Crippen LogP contribution is 2.13. The Morgan fingerprint density at radius 3 is 2.53 bits per heavy atom. The van der Waals surface area contributed by atoms with Gasteiger partial charge in [-0.05, 0) is 6.07 Å². The molecule has 0 spiro atoms. The fraction of sp³-hybridized carbons (Fsp3) is 0.111. The molecule has 0 atom stereocenters. The van der Waals surface area contributed by atoms with Crippen LogP contribution < -0.4 is 11.3 Å². The molecule has 0 amide bonds. The van der Waals surface area contributed by atoms with Crippen LogP contribution in [0.3, 0.4) is 0 Å². The maximum Gasteiger partial charge on any atom is 0.321 e. The molecule has 2 rings (SSSR count). The monoisotopic (exact) mass is 244 g/mol. The molecule has 2 N–H and O–H groups in total. The largest absolute Gasteiger partial charge is 0.380 e. The van der Waals surface area contributed by atoms with E-state index in [0.717, 1.165) is 23.1 Å². The third kappa shape index (κ3) is 2.01. The van der Waals surface area contributed by atoms with E-state index in [4.69, 9.17) is 5.73 Å². The molecule has 0 saturated heterocycles. The molecule has 2 aromatic heterocycles. The molecule has 0 aliphatic heterocycles. The molecule has 2 aromatic rings. The van der Waals surface area contributed by atoms with Crippen LogP contribution in [0.1, 0.15) is 6.55 Å². The molecule has 0 aliphatic carbocycles. The quantitative estimate of drug-likeness (QED) is 0.861. The summed E-state index contributed by atoms with van der Waals surface area (Å²) in [6.45, 7) is -2.97. The molecule has 0 aromatic carbocycles. The predicted octanol–water partition coefficient (Wildman–Crippen LogP) is 1.15. The smallest absolute Gasteiger partial charge is 0.321 e. The van der Waals surface area contributed by atoms with Gasteiger partial charge >= 0.3 is 6.55 Å². The van der Waals surface area contributed by atoms with Crippen molar-refractivity contribution < 1.29 is 13.2 Å². The van der Waals surface area contributed by atoms with Crippen LogP contribution in [-0.4, -0.2) is 14.3 Å². The van der Waals surface area contributed by atoms with Crippen molar-refractivity contribution in [3.63, 3.8) is 0 Å². The Kier molecular flexibility index (Phi) is 2.62. The summed E-state index contributed by atoms with van der Waals surface area (Å²) in [6.07, 6.45) is 1.81. The Balaban J connectivity index is 2.53. The molecule has 2 heterocycles. The maximum atomic E-state index is 12.9. The zero-order valence-corrected chi connectivity index (χ0v) is 8.35. The van der Waals surface area contributed by atoms with E-state index in [1.54, 1.807) is 0 Å². The van der Waals surface area contributed by atoms with Gasteiger partial charge in [-0.3, -0.25) is 9.36 Å². The van der Waals surface area contributed by atoms with Gasteiger partial charge in [0.2, 0.25) is 0 Å². The Labute approximate surface area is 92.9 Å². The second-order valence-corrected chi connectivity index (χ2v) is 3.22. The van der Waals surface area contributed by atoms with Crippen molar-refractivity contribution in [3.8, 4) is 5.69 Å². The van der Waals surface area contributed by atoms with Crippen LogP contribution in [0.4, 0.5) is 19.0 Å². The summed E-state index contributed by atoms with van der Waals surface area (Å²) in [5.74, 6) is -1.11. The molecule has 0 fully saturated rings. The summed E-state index contributed by atoms with van der Waals surface area (Å²) in [5, 5.41) is 3.57. The van der Waals surface area contributed by atoms with Crippen LogP contribution in [0.15, 0.2) is 29.3 Å². The van der Waals surface area contributed by atoms with E-state index >= 15 is 0 Å². The summed E-state index contributed by atoms with van der Waals surface area (Å²) in [6, 6.07) is 2.18. The van der Waals surface area contributed by atoms with Gasteiger partial charge in [-0.15, -0.1) is 5.10 Å². The van der Waals surface area contributed by atoms with Gasteiger partial charge in [0.15, 0.2) is 11.6 Å². The number of pyridine rings is 1. The minimum atomic E-state index is -2.97. The first-order valence-corrected chi connectivity index (χ1v) is 4.50. The van der Waals surface area contributed by atoms with Crippen molar-refractivity contribution in [3.05, 3.63) is 40.7 Å². The van der Waals surface area contributed by atoms with E-state index in [1.165, 1.54) is 6.07 Å². The summed E-state index contributed by atoms with van der Waals surface area (Å²) in [5.41, 5.74) is 4.44. The second kappa shape index (κ2) is 3.96. The zero-order valence-electron chi connectivity index (χ0n) is 8.35. The lowest BCUT2D eigenvalue weighted by molar-refractivity contribution is 0.0663. The lowest BCUT2D eigenvalue weighted by atomic mass is 10.4. The molecule has 0 radical (unpaired) electrons. The number of hydrogen-bond donors (Lipinski definition) is 1. The zero-order chi connectivity index (χ0) is 12.6. The normalized spacial score (nSPS) is 11.1. The van der Waals surface area contributed by atoms with E-state index in [9.17, 15) is 18.0 Å². The van der Waals surface area contributed by atoms with Crippen LogP contribution >= 0.6 is 0 Å². The van der Waals surface area contributed by atoms with Crippen LogP contribution in [0.25, 0.3) is 5.69 Å². The van der Waals surface area contributed by atoms with Gasteiger partial charge in [-0.2, -0.15) is 8.78 Å². The van der Waals surface area contributed by atoms with Gasteiger partial charge in [0.05, 0.1) is 11.9 Å².